The lowest BCUT2D eigenvalue weighted by atomic mass is 10.0. The Balaban J connectivity index is 2.14. The molecule has 3 aromatic rings. The minimum absolute atomic E-state index is 0.239. The molecule has 0 aliphatic carbocycles. The lowest BCUT2D eigenvalue weighted by Crippen LogP contribution is -1.98. The van der Waals surface area contributed by atoms with Crippen LogP contribution in [0.1, 0.15) is 18.2 Å². The fourth-order valence-electron chi connectivity index (χ4n) is 2.65. The van der Waals surface area contributed by atoms with E-state index in [0.717, 1.165) is 29.1 Å². The standard InChI is InChI=1S/C18H18N2O2/c1-3-17-12(2)20(14-6-10-16(22)11-7-14)19-18(17)13-4-8-15(21)9-5-13/h4-11,21-22H,3H2,1-2H3. The molecule has 0 saturated carbocycles. The largest absolute Gasteiger partial charge is 0.508 e. The fourth-order valence-corrected chi connectivity index (χ4v) is 2.65. The molecule has 1 aromatic heterocycles. The number of aromatic hydroxyl groups is 2. The zero-order valence-electron chi connectivity index (χ0n) is 12.6. The average molecular weight is 294 g/mol. The molecule has 0 bridgehead atoms. The van der Waals surface area contributed by atoms with Crippen molar-refractivity contribution < 1.29 is 10.2 Å². The molecule has 0 radical (unpaired) electrons. The van der Waals surface area contributed by atoms with Gasteiger partial charge in [-0.25, -0.2) is 4.68 Å². The third-order valence-electron chi connectivity index (χ3n) is 3.83. The van der Waals surface area contributed by atoms with E-state index in [1.54, 1.807) is 24.3 Å². The van der Waals surface area contributed by atoms with Crippen molar-refractivity contribution in [1.29, 1.82) is 0 Å². The van der Waals surface area contributed by atoms with Crippen molar-refractivity contribution >= 4 is 0 Å². The van der Waals surface area contributed by atoms with Crippen LogP contribution in [0.2, 0.25) is 0 Å². The van der Waals surface area contributed by atoms with Gasteiger partial charge in [0.2, 0.25) is 0 Å². The molecule has 0 spiro atoms. The number of rotatable bonds is 3. The van der Waals surface area contributed by atoms with Crippen LogP contribution < -0.4 is 0 Å². The maximum absolute atomic E-state index is 9.44. The van der Waals surface area contributed by atoms with Crippen molar-refractivity contribution in [3.63, 3.8) is 0 Å². The van der Waals surface area contributed by atoms with Gasteiger partial charge in [0.15, 0.2) is 0 Å². The van der Waals surface area contributed by atoms with Crippen molar-refractivity contribution in [2.24, 2.45) is 0 Å². The lowest BCUT2D eigenvalue weighted by molar-refractivity contribution is 0.474. The van der Waals surface area contributed by atoms with E-state index in [1.807, 2.05) is 35.9 Å². The highest BCUT2D eigenvalue weighted by Gasteiger charge is 2.15. The number of phenols is 2. The fraction of sp³-hybridized carbons (Fsp3) is 0.167. The number of hydrogen-bond acceptors (Lipinski definition) is 3. The van der Waals surface area contributed by atoms with Gasteiger partial charge in [-0.3, -0.25) is 0 Å². The van der Waals surface area contributed by atoms with Gasteiger partial charge >= 0.3 is 0 Å². The van der Waals surface area contributed by atoms with Crippen molar-refractivity contribution in [3.8, 4) is 28.4 Å². The van der Waals surface area contributed by atoms with Crippen LogP contribution in [0.15, 0.2) is 48.5 Å². The molecule has 22 heavy (non-hydrogen) atoms. The summed E-state index contributed by atoms with van der Waals surface area (Å²) in [6, 6.07) is 14.1. The molecule has 1 heterocycles. The monoisotopic (exact) mass is 294 g/mol. The molecule has 0 amide bonds. The van der Waals surface area contributed by atoms with E-state index >= 15 is 0 Å². The molecule has 2 aromatic carbocycles. The summed E-state index contributed by atoms with van der Waals surface area (Å²) >= 11 is 0. The van der Waals surface area contributed by atoms with Crippen molar-refractivity contribution in [2.75, 3.05) is 0 Å². The highest BCUT2D eigenvalue weighted by atomic mass is 16.3. The van der Waals surface area contributed by atoms with E-state index in [9.17, 15) is 10.2 Å². The smallest absolute Gasteiger partial charge is 0.115 e. The first-order valence-corrected chi connectivity index (χ1v) is 7.27. The Morgan fingerprint density at radius 2 is 1.45 bits per heavy atom. The van der Waals surface area contributed by atoms with Gasteiger partial charge in [-0.2, -0.15) is 5.10 Å². The summed E-state index contributed by atoms with van der Waals surface area (Å²) in [4.78, 5) is 0. The van der Waals surface area contributed by atoms with E-state index < -0.39 is 0 Å². The summed E-state index contributed by atoms with van der Waals surface area (Å²) in [5.41, 5.74) is 5.08. The molecule has 3 rings (SSSR count). The average Bonchev–Trinajstić information content (AvgIpc) is 2.85. The molecule has 0 atom stereocenters. The number of nitrogens with zero attached hydrogens (tertiary/aromatic N) is 2. The van der Waals surface area contributed by atoms with Crippen LogP contribution in [0.3, 0.4) is 0 Å². The molecule has 4 heteroatoms. The number of phenolic OH excluding ortho intramolecular Hbond substituents is 2. The van der Waals surface area contributed by atoms with Crippen LogP contribution in [-0.4, -0.2) is 20.0 Å². The van der Waals surface area contributed by atoms with Crippen LogP contribution in [-0.2, 0) is 6.42 Å². The first kappa shape index (κ1) is 14.2. The summed E-state index contributed by atoms with van der Waals surface area (Å²) in [7, 11) is 0. The number of hydrogen-bond donors (Lipinski definition) is 2. The second-order valence-corrected chi connectivity index (χ2v) is 5.24. The maximum Gasteiger partial charge on any atom is 0.115 e. The minimum atomic E-state index is 0.239. The first-order valence-electron chi connectivity index (χ1n) is 7.27. The van der Waals surface area contributed by atoms with Crippen LogP contribution in [0.5, 0.6) is 11.5 Å². The Bertz CT molecular complexity index is 787. The van der Waals surface area contributed by atoms with Crippen LogP contribution >= 0.6 is 0 Å². The molecule has 112 valence electrons. The third-order valence-corrected chi connectivity index (χ3v) is 3.83. The normalized spacial score (nSPS) is 10.8. The Kier molecular flexibility index (Phi) is 3.59. The van der Waals surface area contributed by atoms with Crippen LogP contribution in [0.25, 0.3) is 16.9 Å². The maximum atomic E-state index is 9.44. The van der Waals surface area contributed by atoms with Gasteiger partial charge < -0.3 is 10.2 Å². The molecule has 0 aliphatic rings. The Hall–Kier alpha value is -2.75. The zero-order valence-corrected chi connectivity index (χ0v) is 12.6. The van der Waals surface area contributed by atoms with Gasteiger partial charge in [-0.1, -0.05) is 6.92 Å². The third kappa shape index (κ3) is 2.44. The second kappa shape index (κ2) is 5.56. The van der Waals surface area contributed by atoms with Gasteiger partial charge in [0, 0.05) is 16.8 Å². The predicted octanol–water partition coefficient (Wildman–Crippen LogP) is 3.82. The summed E-state index contributed by atoms with van der Waals surface area (Å²) < 4.78 is 1.89. The van der Waals surface area contributed by atoms with Crippen molar-refractivity contribution in [3.05, 3.63) is 59.8 Å². The summed E-state index contributed by atoms with van der Waals surface area (Å²) in [5, 5.41) is 23.6. The number of aromatic nitrogens is 2. The Morgan fingerprint density at radius 1 is 0.909 bits per heavy atom. The van der Waals surface area contributed by atoms with E-state index in [0.29, 0.717) is 0 Å². The molecule has 0 saturated heterocycles. The highest BCUT2D eigenvalue weighted by Crippen LogP contribution is 2.29. The molecular formula is C18H18N2O2. The molecule has 0 unspecified atom stereocenters. The van der Waals surface area contributed by atoms with Crippen LogP contribution in [0.4, 0.5) is 0 Å². The van der Waals surface area contributed by atoms with Crippen molar-refractivity contribution in [2.45, 2.75) is 20.3 Å². The zero-order chi connectivity index (χ0) is 15.7. The van der Waals surface area contributed by atoms with Gasteiger partial charge in [0.25, 0.3) is 0 Å². The number of benzene rings is 2. The SMILES string of the molecule is CCc1c(-c2ccc(O)cc2)nn(-c2ccc(O)cc2)c1C. The molecule has 0 fully saturated rings. The molecule has 2 N–H and O–H groups in total. The van der Waals surface area contributed by atoms with Crippen molar-refractivity contribution in [1.82, 2.24) is 9.78 Å². The predicted molar refractivity (Wildman–Crippen MR) is 86.4 cm³/mol. The van der Waals surface area contributed by atoms with Gasteiger partial charge in [-0.05, 0) is 61.9 Å². The molecule has 0 aliphatic heterocycles. The molecular weight excluding hydrogens is 276 g/mol. The summed E-state index contributed by atoms with van der Waals surface area (Å²) in [6.45, 7) is 4.15. The molecule has 4 nitrogen and oxygen atoms in total. The minimum Gasteiger partial charge on any atom is -0.508 e. The van der Waals surface area contributed by atoms with E-state index in [4.69, 9.17) is 5.10 Å². The summed E-state index contributed by atoms with van der Waals surface area (Å²) in [5.74, 6) is 0.486. The topological polar surface area (TPSA) is 58.3 Å². The lowest BCUT2D eigenvalue weighted by Gasteiger charge is -2.04. The second-order valence-electron chi connectivity index (χ2n) is 5.24. The van der Waals surface area contributed by atoms with Gasteiger partial charge in [-0.15, -0.1) is 0 Å². The van der Waals surface area contributed by atoms with Gasteiger partial charge in [0.1, 0.15) is 11.5 Å². The van der Waals surface area contributed by atoms with Gasteiger partial charge in [0.05, 0.1) is 11.4 Å². The quantitative estimate of drug-likeness (QED) is 0.772. The van der Waals surface area contributed by atoms with E-state index in [2.05, 4.69) is 6.92 Å². The van der Waals surface area contributed by atoms with E-state index in [-0.39, 0.29) is 11.5 Å². The van der Waals surface area contributed by atoms with Crippen LogP contribution in [0, 0.1) is 6.92 Å². The summed E-state index contributed by atoms with van der Waals surface area (Å²) in [6.07, 6.45) is 0.875. The first-order chi connectivity index (χ1) is 10.6. The highest BCUT2D eigenvalue weighted by molar-refractivity contribution is 5.65. The Morgan fingerprint density at radius 3 is 2.00 bits per heavy atom. The Labute approximate surface area is 129 Å². The van der Waals surface area contributed by atoms with E-state index in [1.165, 1.54) is 5.56 Å².